The molecule has 4 N–H and O–H groups in total. The van der Waals surface area contributed by atoms with Crippen LogP contribution in [0.4, 0.5) is 0 Å². The van der Waals surface area contributed by atoms with E-state index in [1.807, 2.05) is 0 Å². The van der Waals surface area contributed by atoms with E-state index in [1.165, 1.54) is 0 Å². The Morgan fingerprint density at radius 1 is 1.00 bits per heavy atom. The Labute approximate surface area is 140 Å². The van der Waals surface area contributed by atoms with Gasteiger partial charge in [0.1, 0.15) is 0 Å². The van der Waals surface area contributed by atoms with Crippen molar-refractivity contribution in [3.05, 3.63) is 0 Å². The monoisotopic (exact) mass is 409 g/mol. The maximum Gasteiger partial charge on any atom is 1.00 e. The van der Waals surface area contributed by atoms with E-state index in [-0.39, 0.29) is 93.9 Å². The first-order valence-corrected chi connectivity index (χ1v) is 4.59. The second kappa shape index (κ2) is 9.38. The average Bonchev–Trinajstić information content (AvgIpc) is 1.14. The number of hydrogen-bond acceptors (Lipinski definition) is 3. The molecule has 0 aliphatic heterocycles. The minimum Gasteiger partial charge on any atom is -1.00 e. The predicted molar refractivity (Wildman–Crippen MR) is 41.7 cm³/mol. The minimum absolute atomic E-state index is 0. The van der Waals surface area contributed by atoms with Gasteiger partial charge >= 0.3 is 67.0 Å². The molecule has 0 aliphatic carbocycles. The van der Waals surface area contributed by atoms with Crippen molar-refractivity contribution in [2.24, 2.45) is 0 Å². The third kappa shape index (κ3) is 23.2. The van der Waals surface area contributed by atoms with Crippen LogP contribution in [0.3, 0.4) is 0 Å². The van der Waals surface area contributed by atoms with Crippen molar-refractivity contribution in [1.29, 1.82) is 0 Å². The van der Waals surface area contributed by atoms with Crippen LogP contribution in [0.25, 0.3) is 0 Å². The van der Waals surface area contributed by atoms with Crippen molar-refractivity contribution in [2.45, 2.75) is 0 Å². The second-order valence-corrected chi connectivity index (χ2v) is 3.68. The van der Waals surface area contributed by atoms with Crippen LogP contribution in [0.5, 0.6) is 0 Å². The quantitative estimate of drug-likeness (QED) is 0.217. The Hall–Kier alpha value is 3.15. The molecule has 0 spiro atoms. The van der Waals surface area contributed by atoms with Gasteiger partial charge in [-0.2, -0.15) is 4.31 Å². The summed E-state index contributed by atoms with van der Waals surface area (Å²) in [6.45, 7) is 0. The SMILES string of the molecule is I.O=P(O)(O)OP(=O)(O)O.[Cu].[H-].[K+]. The van der Waals surface area contributed by atoms with E-state index in [9.17, 15) is 9.13 Å². The van der Waals surface area contributed by atoms with Crippen molar-refractivity contribution >= 4 is 39.6 Å². The topological polar surface area (TPSA) is 124 Å². The van der Waals surface area contributed by atoms with Gasteiger partial charge in [0.2, 0.25) is 0 Å². The molecule has 0 bridgehead atoms. The first-order chi connectivity index (χ1) is 3.71. The van der Waals surface area contributed by atoms with Crippen molar-refractivity contribution in [3.8, 4) is 0 Å². The number of rotatable bonds is 2. The summed E-state index contributed by atoms with van der Waals surface area (Å²) in [6.07, 6.45) is 0. The summed E-state index contributed by atoms with van der Waals surface area (Å²) in [4.78, 5) is 31.0. The molecule has 0 saturated carbocycles. The van der Waals surface area contributed by atoms with Crippen LogP contribution in [-0.4, -0.2) is 19.6 Å². The van der Waals surface area contributed by atoms with Gasteiger partial charge in [0.25, 0.3) is 0 Å². The average molecular weight is 410 g/mol. The first kappa shape index (κ1) is 24.4. The predicted octanol–water partition coefficient (Wildman–Crippen LogP) is -3.08. The fourth-order valence-corrected chi connectivity index (χ4v) is 1.25. The summed E-state index contributed by atoms with van der Waals surface area (Å²) in [7, 11) is -10.1. The van der Waals surface area contributed by atoms with Gasteiger partial charge < -0.3 is 21.0 Å². The van der Waals surface area contributed by atoms with Crippen LogP contribution >= 0.6 is 39.6 Å². The molecule has 1 radical (unpaired) electrons. The van der Waals surface area contributed by atoms with E-state index in [0.717, 1.165) is 0 Å². The standard InChI is InChI=1S/Cu.HI.K.H4O7P2.H/c;;;1-8(2,3)7-9(4,5)6;/h;1H;;(H2,1,2,3)(H2,4,5,6);/q;;+1;;-1. The summed E-state index contributed by atoms with van der Waals surface area (Å²) >= 11 is 0. The molecule has 77 valence electrons. The molecule has 12 heteroatoms. The minimum atomic E-state index is -5.05. The molecule has 0 fully saturated rings. The van der Waals surface area contributed by atoms with Crippen LogP contribution in [-0.2, 0) is 30.5 Å². The molecule has 0 amide bonds. The zero-order chi connectivity index (χ0) is 7.71. The van der Waals surface area contributed by atoms with E-state index >= 15 is 0 Å². The second-order valence-electron chi connectivity index (χ2n) is 1.06. The maximum absolute atomic E-state index is 9.63. The van der Waals surface area contributed by atoms with Gasteiger partial charge in [-0.15, -0.1) is 24.0 Å². The van der Waals surface area contributed by atoms with E-state index in [2.05, 4.69) is 4.31 Å². The van der Waals surface area contributed by atoms with E-state index in [0.29, 0.717) is 0 Å². The Bertz CT molecular complexity index is 167. The maximum atomic E-state index is 9.63. The van der Waals surface area contributed by atoms with Gasteiger partial charge in [0.15, 0.2) is 0 Å². The van der Waals surface area contributed by atoms with Crippen molar-refractivity contribution < 1.29 is 103 Å². The van der Waals surface area contributed by atoms with Gasteiger partial charge in [-0.05, 0) is 0 Å². The van der Waals surface area contributed by atoms with E-state index < -0.39 is 15.6 Å². The van der Waals surface area contributed by atoms with Crippen LogP contribution < -0.4 is 51.4 Å². The van der Waals surface area contributed by atoms with Crippen molar-refractivity contribution in [1.82, 2.24) is 0 Å². The number of hydrogen-bond donors (Lipinski definition) is 4. The third-order valence-electron chi connectivity index (χ3n) is 0.213. The molecule has 12 heavy (non-hydrogen) atoms. The molecule has 0 aromatic rings. The van der Waals surface area contributed by atoms with Crippen LogP contribution in [0.1, 0.15) is 1.43 Å². The van der Waals surface area contributed by atoms with Gasteiger partial charge in [-0.1, -0.05) is 0 Å². The zero-order valence-corrected chi connectivity index (χ0v) is 13.8. The first-order valence-electron chi connectivity index (χ1n) is 1.53. The zero-order valence-electron chi connectivity index (χ0n) is 6.62. The van der Waals surface area contributed by atoms with Crippen LogP contribution in [0.2, 0.25) is 0 Å². The molecule has 0 atom stereocenters. The number of halogens is 1. The molecular formula is H6CuIKO7P2. The summed E-state index contributed by atoms with van der Waals surface area (Å²) in [6, 6.07) is 0. The molecule has 0 aliphatic rings. The molecule has 7 nitrogen and oxygen atoms in total. The molecule has 0 rings (SSSR count). The van der Waals surface area contributed by atoms with Gasteiger partial charge in [-0.3, -0.25) is 0 Å². The smallest absolute Gasteiger partial charge is 1.00 e. The Kier molecular flexibility index (Phi) is 19.1. The number of phosphoric acid groups is 2. The molecule has 0 aromatic carbocycles. The Morgan fingerprint density at radius 2 is 1.17 bits per heavy atom. The fourth-order valence-electron chi connectivity index (χ4n) is 0.139. The summed E-state index contributed by atoms with van der Waals surface area (Å²) in [5, 5.41) is 0. The Balaban J connectivity index is -0.0000000533. The Morgan fingerprint density at radius 3 is 1.17 bits per heavy atom. The van der Waals surface area contributed by atoms with Gasteiger partial charge in [0, 0.05) is 17.1 Å². The van der Waals surface area contributed by atoms with Crippen LogP contribution in [0, 0.1) is 0 Å². The molecule has 0 saturated heterocycles. The molecule has 0 aromatic heterocycles. The molecule has 0 unspecified atom stereocenters. The molecular weight excluding hydrogens is 403 g/mol. The molecule has 0 heterocycles. The van der Waals surface area contributed by atoms with Gasteiger partial charge in [0.05, 0.1) is 0 Å². The summed E-state index contributed by atoms with van der Waals surface area (Å²) < 4.78 is 22.2. The normalized spacial score (nSPS) is 10.3. The third-order valence-corrected chi connectivity index (χ3v) is 1.91. The fraction of sp³-hybridized carbons (Fsp3) is 0. The van der Waals surface area contributed by atoms with Crippen molar-refractivity contribution in [2.75, 3.05) is 0 Å². The van der Waals surface area contributed by atoms with Crippen molar-refractivity contribution in [3.63, 3.8) is 0 Å². The van der Waals surface area contributed by atoms with E-state index in [1.54, 1.807) is 0 Å². The summed E-state index contributed by atoms with van der Waals surface area (Å²) in [5.41, 5.74) is 0. The van der Waals surface area contributed by atoms with Crippen LogP contribution in [0.15, 0.2) is 0 Å². The summed E-state index contributed by atoms with van der Waals surface area (Å²) in [5.74, 6) is 0. The largest absolute Gasteiger partial charge is 1.00 e. The van der Waals surface area contributed by atoms with Gasteiger partial charge in [-0.25, -0.2) is 9.13 Å². The van der Waals surface area contributed by atoms with E-state index in [4.69, 9.17) is 19.6 Å².